The molecular formula is C27H23BrFN5OS2. The Morgan fingerprint density at radius 1 is 1.24 bits per heavy atom. The number of allylic oxidation sites excluding steroid dienone is 3. The Kier molecular flexibility index (Phi) is 6.96. The monoisotopic (exact) mass is 595 g/mol. The fourth-order valence-electron chi connectivity index (χ4n) is 4.84. The minimum Gasteiger partial charge on any atom is -0.384 e. The normalized spacial score (nSPS) is 19.2. The number of nitrogens with two attached hydrogens (primary N) is 1. The Bertz CT molecular complexity index is 1490. The number of nitriles is 1. The molecule has 188 valence electrons. The van der Waals surface area contributed by atoms with Crippen molar-refractivity contribution in [2.24, 2.45) is 11.1 Å². The van der Waals surface area contributed by atoms with E-state index in [4.69, 9.17) is 5.73 Å². The zero-order valence-corrected chi connectivity index (χ0v) is 23.4. The summed E-state index contributed by atoms with van der Waals surface area (Å²) in [6, 6.07) is 16.9. The van der Waals surface area contributed by atoms with Gasteiger partial charge in [0.05, 0.1) is 17.6 Å². The number of hydrogen-bond acceptors (Lipinski definition) is 8. The van der Waals surface area contributed by atoms with Gasteiger partial charge in [0.1, 0.15) is 11.6 Å². The molecule has 2 aliphatic rings. The third-order valence-corrected chi connectivity index (χ3v) is 9.05. The van der Waals surface area contributed by atoms with Crippen LogP contribution < -0.4 is 10.6 Å². The summed E-state index contributed by atoms with van der Waals surface area (Å²) in [5.41, 5.74) is 8.89. The van der Waals surface area contributed by atoms with Crippen molar-refractivity contribution in [2.45, 2.75) is 42.7 Å². The predicted molar refractivity (Wildman–Crippen MR) is 147 cm³/mol. The number of benzene rings is 2. The molecule has 0 fully saturated rings. The number of Topliss-reactive ketones (excluding diaryl/α,β-unsaturated/α-hetero) is 1. The second kappa shape index (κ2) is 10.0. The van der Waals surface area contributed by atoms with Gasteiger partial charge in [0.2, 0.25) is 5.13 Å². The van der Waals surface area contributed by atoms with Crippen molar-refractivity contribution in [1.82, 2.24) is 10.2 Å². The number of ketones is 1. The van der Waals surface area contributed by atoms with Crippen molar-refractivity contribution >= 4 is 49.9 Å². The number of carbonyl (C=O) groups excluding carboxylic acids is 1. The van der Waals surface area contributed by atoms with Crippen LogP contribution >= 0.6 is 39.0 Å². The standard InChI is InChI=1S/C27H23BrFN5OS2/c1-27(2)11-20-23(21(35)12-27)22(17-9-8-16(28)10-19(17)29)18(13-30)24(31)34(20)25-32-33-26(37-25)36-14-15-6-4-3-5-7-15/h3-10,22H,11-12,14,31H2,1-2H3. The van der Waals surface area contributed by atoms with Gasteiger partial charge in [-0.1, -0.05) is 89.3 Å². The highest BCUT2D eigenvalue weighted by Crippen LogP contribution is 2.51. The molecule has 37 heavy (non-hydrogen) atoms. The van der Waals surface area contributed by atoms with Crippen LogP contribution in [0.1, 0.15) is 43.7 Å². The average molecular weight is 597 g/mol. The summed E-state index contributed by atoms with van der Waals surface area (Å²) >= 11 is 6.19. The van der Waals surface area contributed by atoms with E-state index in [-0.39, 0.29) is 28.2 Å². The molecule has 2 aromatic carbocycles. The summed E-state index contributed by atoms with van der Waals surface area (Å²) in [6.45, 7) is 4.03. The summed E-state index contributed by atoms with van der Waals surface area (Å²) in [4.78, 5) is 15.3. The van der Waals surface area contributed by atoms with Crippen LogP contribution in [-0.2, 0) is 10.5 Å². The largest absolute Gasteiger partial charge is 0.384 e. The van der Waals surface area contributed by atoms with Crippen molar-refractivity contribution in [3.63, 3.8) is 0 Å². The number of halogens is 2. The van der Waals surface area contributed by atoms with Gasteiger partial charge in [-0.2, -0.15) is 5.26 Å². The fourth-order valence-corrected chi connectivity index (χ4v) is 7.01. The number of carbonyl (C=O) groups is 1. The zero-order valence-electron chi connectivity index (χ0n) is 20.2. The average Bonchev–Trinajstić information content (AvgIpc) is 3.30. The number of rotatable bonds is 5. The van der Waals surface area contributed by atoms with Crippen LogP contribution in [0.15, 0.2) is 80.0 Å². The summed E-state index contributed by atoms with van der Waals surface area (Å²) in [5.74, 6) is -0.628. The van der Waals surface area contributed by atoms with Crippen LogP contribution in [0.2, 0.25) is 0 Å². The number of hydrogen-bond donors (Lipinski definition) is 1. The Morgan fingerprint density at radius 3 is 2.70 bits per heavy atom. The van der Waals surface area contributed by atoms with Crippen molar-refractivity contribution in [3.05, 3.63) is 92.6 Å². The molecular weight excluding hydrogens is 573 g/mol. The molecule has 10 heteroatoms. The lowest BCUT2D eigenvalue weighted by Crippen LogP contribution is -2.42. The Balaban J connectivity index is 1.60. The van der Waals surface area contributed by atoms with Crippen LogP contribution in [0, 0.1) is 22.6 Å². The SMILES string of the molecule is CC1(C)CC(=O)C2=C(C1)N(c1nnc(SCc3ccccc3)s1)C(N)=C(C#N)C2c1ccc(Br)cc1F. The number of anilines is 1. The summed E-state index contributed by atoms with van der Waals surface area (Å²) < 4.78 is 16.5. The van der Waals surface area contributed by atoms with Gasteiger partial charge in [-0.05, 0) is 29.5 Å². The Hall–Kier alpha value is -3.00. The van der Waals surface area contributed by atoms with E-state index in [0.29, 0.717) is 33.7 Å². The molecule has 2 N–H and O–H groups in total. The first-order valence-electron chi connectivity index (χ1n) is 11.6. The maximum atomic E-state index is 15.2. The molecule has 3 aromatic rings. The third kappa shape index (κ3) is 4.96. The molecule has 0 radical (unpaired) electrons. The molecule has 0 spiro atoms. The lowest BCUT2D eigenvalue weighted by Gasteiger charge is -2.42. The molecule has 1 aliphatic carbocycles. The number of nitrogens with zero attached hydrogens (tertiary/aromatic N) is 4. The maximum absolute atomic E-state index is 15.2. The molecule has 2 heterocycles. The van der Waals surface area contributed by atoms with Crippen LogP contribution in [0.25, 0.3) is 0 Å². The molecule has 1 aliphatic heterocycles. The fraction of sp³-hybridized carbons (Fsp3) is 0.259. The van der Waals surface area contributed by atoms with Crippen molar-refractivity contribution in [1.29, 1.82) is 5.26 Å². The molecule has 0 saturated heterocycles. The van der Waals surface area contributed by atoms with Crippen LogP contribution in [0.4, 0.5) is 9.52 Å². The lowest BCUT2D eigenvalue weighted by molar-refractivity contribution is -0.118. The molecule has 5 rings (SSSR count). The van der Waals surface area contributed by atoms with Gasteiger partial charge >= 0.3 is 0 Å². The Morgan fingerprint density at radius 2 is 2.00 bits per heavy atom. The second-order valence-electron chi connectivity index (χ2n) is 9.77. The summed E-state index contributed by atoms with van der Waals surface area (Å²) in [5, 5.41) is 19.4. The highest BCUT2D eigenvalue weighted by molar-refractivity contribution is 9.10. The lowest BCUT2D eigenvalue weighted by atomic mass is 9.68. The van der Waals surface area contributed by atoms with Crippen LogP contribution in [0.5, 0.6) is 0 Å². The highest BCUT2D eigenvalue weighted by Gasteiger charge is 2.46. The molecule has 6 nitrogen and oxygen atoms in total. The van der Waals surface area contributed by atoms with Crippen molar-refractivity contribution in [2.75, 3.05) is 4.90 Å². The van der Waals surface area contributed by atoms with Crippen molar-refractivity contribution < 1.29 is 9.18 Å². The van der Waals surface area contributed by atoms with Gasteiger partial charge in [-0.3, -0.25) is 9.69 Å². The van der Waals surface area contributed by atoms with Gasteiger partial charge in [0.15, 0.2) is 10.1 Å². The van der Waals surface area contributed by atoms with Gasteiger partial charge in [0.25, 0.3) is 0 Å². The minimum absolute atomic E-state index is 0.119. The van der Waals surface area contributed by atoms with Crippen LogP contribution in [-0.4, -0.2) is 16.0 Å². The topological polar surface area (TPSA) is 95.9 Å². The van der Waals surface area contributed by atoms with Gasteiger partial charge < -0.3 is 5.73 Å². The van der Waals surface area contributed by atoms with E-state index < -0.39 is 11.7 Å². The molecule has 0 saturated carbocycles. The van der Waals surface area contributed by atoms with E-state index in [0.717, 1.165) is 15.7 Å². The molecule has 0 amide bonds. The van der Waals surface area contributed by atoms with E-state index in [2.05, 4.69) is 32.2 Å². The van der Waals surface area contributed by atoms with Crippen molar-refractivity contribution in [3.8, 4) is 6.07 Å². The van der Waals surface area contributed by atoms with E-state index in [1.165, 1.54) is 17.4 Å². The minimum atomic E-state index is -0.882. The summed E-state index contributed by atoms with van der Waals surface area (Å²) in [6.07, 6.45) is 0.815. The first kappa shape index (κ1) is 25.6. The van der Waals surface area contributed by atoms with Gasteiger partial charge in [-0.15, -0.1) is 10.2 Å². The zero-order chi connectivity index (χ0) is 26.3. The second-order valence-corrected chi connectivity index (χ2v) is 12.9. The van der Waals surface area contributed by atoms with E-state index in [1.54, 1.807) is 28.8 Å². The molecule has 1 atom stereocenters. The molecule has 0 bridgehead atoms. The summed E-state index contributed by atoms with van der Waals surface area (Å²) in [7, 11) is 0. The predicted octanol–water partition coefficient (Wildman–Crippen LogP) is 6.67. The quantitative estimate of drug-likeness (QED) is 0.329. The molecule has 1 unspecified atom stereocenters. The maximum Gasteiger partial charge on any atom is 0.219 e. The van der Waals surface area contributed by atoms with E-state index in [1.807, 2.05) is 44.2 Å². The first-order chi connectivity index (χ1) is 17.7. The van der Waals surface area contributed by atoms with Gasteiger partial charge in [-0.25, -0.2) is 4.39 Å². The number of aromatic nitrogens is 2. The smallest absolute Gasteiger partial charge is 0.219 e. The first-order valence-corrected chi connectivity index (χ1v) is 14.2. The van der Waals surface area contributed by atoms with Gasteiger partial charge in [0, 0.05) is 33.5 Å². The van der Waals surface area contributed by atoms with Crippen LogP contribution in [0.3, 0.4) is 0 Å². The Labute approximate surface area is 231 Å². The van der Waals surface area contributed by atoms with E-state index >= 15 is 4.39 Å². The number of thioether (sulfide) groups is 1. The molecule has 1 aromatic heterocycles. The third-order valence-electron chi connectivity index (χ3n) is 6.45. The van der Waals surface area contributed by atoms with E-state index in [9.17, 15) is 10.1 Å². The highest BCUT2D eigenvalue weighted by atomic mass is 79.9.